The second-order valence-corrected chi connectivity index (χ2v) is 10.5. The van der Waals surface area contributed by atoms with Crippen LogP contribution in [0.4, 0.5) is 10.5 Å². The van der Waals surface area contributed by atoms with E-state index in [1.54, 1.807) is 18.4 Å². The molecule has 1 aromatic carbocycles. The summed E-state index contributed by atoms with van der Waals surface area (Å²) in [6, 6.07) is 15.7. The number of amides is 2. The number of fused-ring (bicyclic) bond motifs is 5. The summed E-state index contributed by atoms with van der Waals surface area (Å²) in [5.74, 6) is 0.658. The van der Waals surface area contributed by atoms with Crippen molar-refractivity contribution in [2.75, 3.05) is 12.4 Å². The molecule has 2 amide bonds. The molecule has 4 aromatic rings. The topological polar surface area (TPSA) is 46.5 Å². The third-order valence-electron chi connectivity index (χ3n) is 6.60. The Bertz CT molecular complexity index is 1310. The van der Waals surface area contributed by atoms with E-state index in [1.807, 2.05) is 40.5 Å². The highest BCUT2D eigenvalue weighted by Crippen LogP contribution is 2.45. The molecule has 4 heterocycles. The average molecular weight is 476 g/mol. The lowest BCUT2D eigenvalue weighted by atomic mass is 9.95. The number of methoxy groups -OCH3 is 1. The molecule has 168 valence electrons. The maximum absolute atomic E-state index is 13.9. The van der Waals surface area contributed by atoms with Crippen molar-refractivity contribution in [3.8, 4) is 10.8 Å². The summed E-state index contributed by atoms with van der Waals surface area (Å²) in [5, 5.41) is 6.50. The monoisotopic (exact) mass is 475 g/mol. The quantitative estimate of drug-likeness (QED) is 0.362. The first kappa shape index (κ1) is 20.6. The molecule has 0 saturated carbocycles. The minimum absolute atomic E-state index is 0.116. The van der Waals surface area contributed by atoms with Crippen LogP contribution in [0.3, 0.4) is 0 Å². The number of para-hydroxylation sites is 2. The highest BCUT2D eigenvalue weighted by atomic mass is 32.1. The first-order chi connectivity index (χ1) is 16.2. The van der Waals surface area contributed by atoms with Gasteiger partial charge in [0.15, 0.2) is 0 Å². The largest absolute Gasteiger partial charge is 0.495 e. The smallest absolute Gasteiger partial charge is 0.323 e. The van der Waals surface area contributed by atoms with E-state index in [0.717, 1.165) is 23.4 Å². The van der Waals surface area contributed by atoms with E-state index in [-0.39, 0.29) is 12.1 Å². The predicted molar refractivity (Wildman–Crippen MR) is 134 cm³/mol. The summed E-state index contributed by atoms with van der Waals surface area (Å²) < 4.78 is 7.80. The van der Waals surface area contributed by atoms with Crippen LogP contribution in [-0.4, -0.2) is 22.6 Å². The summed E-state index contributed by atoms with van der Waals surface area (Å²) in [5.41, 5.74) is 4.58. The van der Waals surface area contributed by atoms with E-state index in [9.17, 15) is 4.79 Å². The zero-order valence-corrected chi connectivity index (χ0v) is 20.0. The van der Waals surface area contributed by atoms with Crippen LogP contribution in [0, 0.1) is 0 Å². The number of nitrogens with zero attached hydrogens (tertiary/aromatic N) is 2. The highest BCUT2D eigenvalue weighted by molar-refractivity contribution is 7.15. The Morgan fingerprint density at radius 3 is 2.79 bits per heavy atom. The molecule has 5 nitrogen and oxygen atoms in total. The Morgan fingerprint density at radius 1 is 1.06 bits per heavy atom. The fourth-order valence-electron chi connectivity index (χ4n) is 5.07. The minimum Gasteiger partial charge on any atom is -0.495 e. The molecule has 7 heteroatoms. The van der Waals surface area contributed by atoms with Gasteiger partial charge in [-0.2, -0.15) is 0 Å². The molecule has 1 aliphatic carbocycles. The van der Waals surface area contributed by atoms with Gasteiger partial charge in [0.25, 0.3) is 0 Å². The van der Waals surface area contributed by atoms with Crippen molar-refractivity contribution < 1.29 is 9.53 Å². The number of ether oxygens (including phenoxy) is 1. The molecule has 0 fully saturated rings. The van der Waals surface area contributed by atoms with Crippen LogP contribution in [0.5, 0.6) is 5.75 Å². The molecule has 0 unspecified atom stereocenters. The van der Waals surface area contributed by atoms with Crippen LogP contribution in [0.25, 0.3) is 5.00 Å². The standard InChI is InChI=1S/C26H25N3O2S2/c1-31-21-11-4-3-9-19(21)27-26(30)29-16-18-17-8-2-5-12-22(17)33-25(18)28-14-6-10-20(28)24(29)23-13-7-15-32-23/h3-4,6-7,9-11,13-15,24H,2,5,8,12,16H2,1H3,(H,27,30)/t24-/m1/s1. The number of aryl methyl sites for hydroxylation is 1. The van der Waals surface area contributed by atoms with Gasteiger partial charge < -0.3 is 19.5 Å². The summed E-state index contributed by atoms with van der Waals surface area (Å²) >= 11 is 3.60. The number of nitrogens with one attached hydrogen (secondary N) is 1. The lowest BCUT2D eigenvalue weighted by molar-refractivity contribution is 0.195. The van der Waals surface area contributed by atoms with Crippen molar-refractivity contribution in [1.29, 1.82) is 0 Å². The second kappa shape index (κ2) is 8.39. The van der Waals surface area contributed by atoms with Gasteiger partial charge in [-0.05, 0) is 67.0 Å². The number of benzene rings is 1. The maximum atomic E-state index is 13.9. The van der Waals surface area contributed by atoms with Crippen LogP contribution in [0.1, 0.15) is 45.5 Å². The molecule has 0 radical (unpaired) electrons. The molecule has 0 spiro atoms. The first-order valence-electron chi connectivity index (χ1n) is 11.3. The molecule has 6 rings (SSSR count). The van der Waals surface area contributed by atoms with Crippen molar-refractivity contribution in [1.82, 2.24) is 9.47 Å². The maximum Gasteiger partial charge on any atom is 0.323 e. The van der Waals surface area contributed by atoms with E-state index >= 15 is 0 Å². The molecule has 3 aromatic heterocycles. The average Bonchev–Trinajstić information content (AvgIpc) is 3.59. The van der Waals surface area contributed by atoms with Gasteiger partial charge in [-0.3, -0.25) is 0 Å². The number of anilines is 1. The highest BCUT2D eigenvalue weighted by Gasteiger charge is 2.36. The van der Waals surface area contributed by atoms with Crippen molar-refractivity contribution in [2.24, 2.45) is 0 Å². The Balaban J connectivity index is 1.48. The number of thiophene rings is 2. The summed E-state index contributed by atoms with van der Waals surface area (Å²) in [7, 11) is 1.63. The van der Waals surface area contributed by atoms with Gasteiger partial charge in [-0.1, -0.05) is 18.2 Å². The third-order valence-corrected chi connectivity index (χ3v) is 8.86. The molecule has 33 heavy (non-hydrogen) atoms. The van der Waals surface area contributed by atoms with Crippen molar-refractivity contribution >= 4 is 34.4 Å². The van der Waals surface area contributed by atoms with Crippen LogP contribution in [0.2, 0.25) is 0 Å². The van der Waals surface area contributed by atoms with E-state index in [4.69, 9.17) is 4.74 Å². The van der Waals surface area contributed by atoms with Crippen LogP contribution in [0.15, 0.2) is 60.1 Å². The summed E-state index contributed by atoms with van der Waals surface area (Å²) in [6.45, 7) is 0.590. The van der Waals surface area contributed by atoms with Crippen molar-refractivity contribution in [3.05, 3.63) is 86.7 Å². The SMILES string of the molecule is COc1ccccc1NC(=O)N1Cc2c(sc3c2CCCC3)-n2cccc2[C@@H]1c1cccs1. The van der Waals surface area contributed by atoms with E-state index < -0.39 is 0 Å². The van der Waals surface area contributed by atoms with Crippen LogP contribution >= 0.6 is 22.7 Å². The van der Waals surface area contributed by atoms with Crippen molar-refractivity contribution in [2.45, 2.75) is 38.3 Å². The number of carbonyl (C=O) groups excluding carboxylic acids is 1. The lowest BCUT2D eigenvalue weighted by Crippen LogP contribution is -2.37. The molecule has 1 atom stereocenters. The second-order valence-electron chi connectivity index (χ2n) is 8.47. The molecule has 1 N–H and O–H groups in total. The fraction of sp³-hybridized carbons (Fsp3) is 0.269. The summed E-state index contributed by atoms with van der Waals surface area (Å²) in [4.78, 5) is 18.5. The minimum atomic E-state index is -0.159. The fourth-order valence-corrected chi connectivity index (χ4v) is 7.32. The first-order valence-corrected chi connectivity index (χ1v) is 13.0. The van der Waals surface area contributed by atoms with E-state index in [2.05, 4.69) is 45.7 Å². The van der Waals surface area contributed by atoms with E-state index in [0.29, 0.717) is 18.0 Å². The zero-order chi connectivity index (χ0) is 22.4. The number of hydrogen-bond acceptors (Lipinski definition) is 4. The van der Waals surface area contributed by atoms with Crippen LogP contribution < -0.4 is 10.1 Å². The van der Waals surface area contributed by atoms with Gasteiger partial charge in [-0.15, -0.1) is 22.7 Å². The number of rotatable bonds is 3. The van der Waals surface area contributed by atoms with Gasteiger partial charge in [0.1, 0.15) is 16.8 Å². The predicted octanol–water partition coefficient (Wildman–Crippen LogP) is 6.62. The molecule has 2 aliphatic rings. The van der Waals surface area contributed by atoms with Crippen molar-refractivity contribution in [3.63, 3.8) is 0 Å². The van der Waals surface area contributed by atoms with E-state index in [1.165, 1.54) is 33.8 Å². The lowest BCUT2D eigenvalue weighted by Gasteiger charge is -2.30. The Kier molecular flexibility index (Phi) is 5.23. The summed E-state index contributed by atoms with van der Waals surface area (Å²) in [6.07, 6.45) is 6.87. The number of carbonyl (C=O) groups is 1. The Morgan fingerprint density at radius 2 is 1.94 bits per heavy atom. The molecular weight excluding hydrogens is 450 g/mol. The van der Waals surface area contributed by atoms with Gasteiger partial charge in [0, 0.05) is 21.5 Å². The number of hydrogen-bond donors (Lipinski definition) is 1. The Hall–Kier alpha value is -3.03. The zero-order valence-electron chi connectivity index (χ0n) is 18.4. The Labute approximate surface area is 201 Å². The number of aromatic nitrogens is 1. The third kappa shape index (κ3) is 3.47. The number of urea groups is 1. The molecule has 1 aliphatic heterocycles. The van der Waals surface area contributed by atoms with Gasteiger partial charge >= 0.3 is 6.03 Å². The van der Waals surface area contributed by atoms with Gasteiger partial charge in [-0.25, -0.2) is 4.79 Å². The van der Waals surface area contributed by atoms with Gasteiger partial charge in [0.05, 0.1) is 25.0 Å². The molecule has 0 saturated heterocycles. The molecule has 0 bridgehead atoms. The normalized spacial score (nSPS) is 17.0. The molecular formula is C26H25N3O2S2. The van der Waals surface area contributed by atoms with Crippen LogP contribution in [-0.2, 0) is 19.4 Å². The van der Waals surface area contributed by atoms with Gasteiger partial charge in [0.2, 0.25) is 0 Å².